The van der Waals surface area contributed by atoms with E-state index in [9.17, 15) is 4.79 Å². The summed E-state index contributed by atoms with van der Waals surface area (Å²) in [6.07, 6.45) is 11.4. The molecule has 0 spiro atoms. The number of methoxy groups -OCH3 is 1. The van der Waals surface area contributed by atoms with Crippen LogP contribution < -0.4 is 0 Å². The summed E-state index contributed by atoms with van der Waals surface area (Å²) in [5, 5.41) is 8.89. The smallest absolute Gasteiger partial charge is 0.329 e. The Morgan fingerprint density at radius 3 is 2.78 bits per heavy atom. The number of carboxylic acids is 1. The minimum Gasteiger partial charge on any atom is -0.480 e. The van der Waals surface area contributed by atoms with Gasteiger partial charge in [0.05, 0.1) is 19.3 Å². The van der Waals surface area contributed by atoms with E-state index in [1.165, 1.54) is 0 Å². The van der Waals surface area contributed by atoms with Crippen molar-refractivity contribution in [2.45, 2.75) is 38.9 Å². The lowest BCUT2D eigenvalue weighted by Crippen LogP contribution is -2.36. The van der Waals surface area contributed by atoms with Crippen molar-refractivity contribution in [2.24, 2.45) is 5.92 Å². The van der Waals surface area contributed by atoms with Gasteiger partial charge in [0.25, 0.3) is 0 Å². The lowest BCUT2D eigenvalue weighted by atomic mass is 9.96. The topological polar surface area (TPSA) is 65.0 Å². The van der Waals surface area contributed by atoms with Crippen molar-refractivity contribution >= 4 is 5.97 Å². The Labute approximate surface area is 138 Å². The molecule has 1 heterocycles. The number of hydrogen-bond donors (Lipinski definition) is 1. The first-order valence-electron chi connectivity index (χ1n) is 7.97. The standard InChI is InChI=1S/C18H28O5/c1-14-11-15(2)18(23-13-17(19)20)16(21-3)9-7-5-4-6-8-10-22-12-14/h6-9,11,15-16,18H,4-5,10,12-13H2,1-3H3,(H,19,20). The maximum atomic E-state index is 10.8. The molecule has 1 aliphatic heterocycles. The van der Waals surface area contributed by atoms with Crippen molar-refractivity contribution in [3.63, 3.8) is 0 Å². The summed E-state index contributed by atoms with van der Waals surface area (Å²) in [6, 6.07) is 0. The Bertz CT molecular complexity index is 439. The van der Waals surface area contributed by atoms with E-state index in [-0.39, 0.29) is 24.7 Å². The predicted octanol–water partition coefficient (Wildman–Crippen LogP) is 2.98. The van der Waals surface area contributed by atoms with Gasteiger partial charge in [-0.15, -0.1) is 0 Å². The van der Waals surface area contributed by atoms with Crippen LogP contribution in [0.5, 0.6) is 0 Å². The second-order valence-corrected chi connectivity index (χ2v) is 5.73. The van der Waals surface area contributed by atoms with Crippen LogP contribution in [-0.4, -0.2) is 50.2 Å². The highest BCUT2D eigenvalue weighted by Crippen LogP contribution is 2.19. The summed E-state index contributed by atoms with van der Waals surface area (Å²) in [4.78, 5) is 10.8. The van der Waals surface area contributed by atoms with Gasteiger partial charge >= 0.3 is 5.97 Å². The van der Waals surface area contributed by atoms with Crippen molar-refractivity contribution in [3.05, 3.63) is 36.0 Å². The quantitative estimate of drug-likeness (QED) is 0.805. The Kier molecular flexibility index (Phi) is 9.52. The Balaban J connectivity index is 2.93. The molecule has 130 valence electrons. The van der Waals surface area contributed by atoms with Crippen molar-refractivity contribution < 1.29 is 24.1 Å². The fourth-order valence-electron chi connectivity index (χ4n) is 2.52. The lowest BCUT2D eigenvalue weighted by molar-refractivity contribution is -0.148. The Morgan fingerprint density at radius 2 is 2.09 bits per heavy atom. The van der Waals surface area contributed by atoms with Gasteiger partial charge in [-0.1, -0.05) is 42.9 Å². The number of rotatable bonds is 4. The molecule has 23 heavy (non-hydrogen) atoms. The van der Waals surface area contributed by atoms with Crippen molar-refractivity contribution in [1.82, 2.24) is 0 Å². The van der Waals surface area contributed by atoms with E-state index in [1.807, 2.05) is 32.1 Å². The fourth-order valence-corrected chi connectivity index (χ4v) is 2.52. The first-order chi connectivity index (χ1) is 11.0. The third-order valence-corrected chi connectivity index (χ3v) is 3.60. The summed E-state index contributed by atoms with van der Waals surface area (Å²) in [6.45, 7) is 4.81. The zero-order chi connectivity index (χ0) is 17.1. The molecule has 0 bridgehead atoms. The molecule has 0 fully saturated rings. The van der Waals surface area contributed by atoms with Crippen LogP contribution in [0.2, 0.25) is 0 Å². The van der Waals surface area contributed by atoms with Crippen LogP contribution in [0.25, 0.3) is 0 Å². The van der Waals surface area contributed by atoms with E-state index in [0.717, 1.165) is 18.4 Å². The molecule has 0 saturated carbocycles. The van der Waals surface area contributed by atoms with Crippen LogP contribution in [0.1, 0.15) is 26.7 Å². The first-order valence-corrected chi connectivity index (χ1v) is 7.97. The van der Waals surface area contributed by atoms with Crippen LogP contribution in [0.3, 0.4) is 0 Å². The van der Waals surface area contributed by atoms with Gasteiger partial charge in [0.1, 0.15) is 12.7 Å². The van der Waals surface area contributed by atoms with E-state index in [0.29, 0.717) is 13.2 Å². The summed E-state index contributed by atoms with van der Waals surface area (Å²) in [5.41, 5.74) is 1.09. The lowest BCUT2D eigenvalue weighted by Gasteiger charge is -2.28. The van der Waals surface area contributed by atoms with Crippen molar-refractivity contribution in [2.75, 3.05) is 26.9 Å². The maximum Gasteiger partial charge on any atom is 0.329 e. The van der Waals surface area contributed by atoms with Gasteiger partial charge in [0, 0.05) is 13.0 Å². The van der Waals surface area contributed by atoms with E-state index in [2.05, 4.69) is 12.2 Å². The summed E-state index contributed by atoms with van der Waals surface area (Å²) < 4.78 is 16.7. The van der Waals surface area contributed by atoms with Crippen LogP contribution in [0, 0.1) is 5.92 Å². The number of aliphatic carboxylic acids is 1. The molecule has 0 radical (unpaired) electrons. The normalized spacial score (nSPS) is 27.3. The summed E-state index contributed by atoms with van der Waals surface area (Å²) >= 11 is 0. The first kappa shape index (κ1) is 19.6. The molecule has 3 unspecified atom stereocenters. The summed E-state index contributed by atoms with van der Waals surface area (Å²) in [7, 11) is 1.61. The average molecular weight is 324 g/mol. The number of carboxylic acid groups (broad SMARTS) is 1. The largest absolute Gasteiger partial charge is 0.480 e. The van der Waals surface area contributed by atoms with Gasteiger partial charge in [0.2, 0.25) is 0 Å². The van der Waals surface area contributed by atoms with Gasteiger partial charge in [-0.3, -0.25) is 0 Å². The second kappa shape index (κ2) is 11.2. The van der Waals surface area contributed by atoms with Crippen LogP contribution >= 0.6 is 0 Å². The maximum absolute atomic E-state index is 10.8. The SMILES string of the molecule is COC1C=CCCC=CCOCC(C)=CC(C)C1OCC(=O)O. The highest BCUT2D eigenvalue weighted by Gasteiger charge is 2.26. The molecule has 0 aliphatic carbocycles. The highest BCUT2D eigenvalue weighted by molar-refractivity contribution is 5.68. The van der Waals surface area contributed by atoms with Crippen LogP contribution in [-0.2, 0) is 19.0 Å². The molecule has 0 aromatic rings. The minimum atomic E-state index is -0.982. The van der Waals surface area contributed by atoms with Crippen molar-refractivity contribution in [1.29, 1.82) is 0 Å². The summed E-state index contributed by atoms with van der Waals surface area (Å²) in [5.74, 6) is -0.976. The molecular formula is C18H28O5. The molecule has 5 nitrogen and oxygen atoms in total. The molecule has 1 N–H and O–H groups in total. The predicted molar refractivity (Wildman–Crippen MR) is 89.4 cm³/mol. The van der Waals surface area contributed by atoms with E-state index in [4.69, 9.17) is 19.3 Å². The Morgan fingerprint density at radius 1 is 1.35 bits per heavy atom. The fraction of sp³-hybridized carbons (Fsp3) is 0.611. The average Bonchev–Trinajstić information content (AvgIpc) is 2.50. The molecule has 1 rings (SSSR count). The number of carbonyl (C=O) groups is 1. The molecule has 0 amide bonds. The molecule has 5 heteroatoms. The molecule has 1 aliphatic rings. The molecule has 0 aromatic heterocycles. The zero-order valence-corrected chi connectivity index (χ0v) is 14.2. The van der Waals surface area contributed by atoms with Crippen molar-refractivity contribution in [3.8, 4) is 0 Å². The Hall–Kier alpha value is -1.43. The van der Waals surface area contributed by atoms with E-state index in [1.54, 1.807) is 7.11 Å². The molecular weight excluding hydrogens is 296 g/mol. The van der Waals surface area contributed by atoms with E-state index < -0.39 is 5.97 Å². The third-order valence-electron chi connectivity index (χ3n) is 3.60. The van der Waals surface area contributed by atoms with Crippen LogP contribution in [0.15, 0.2) is 36.0 Å². The van der Waals surface area contributed by atoms with Gasteiger partial charge in [-0.25, -0.2) is 4.79 Å². The molecule has 0 aromatic carbocycles. The second-order valence-electron chi connectivity index (χ2n) is 5.73. The number of allylic oxidation sites excluding steroid dienone is 2. The van der Waals surface area contributed by atoms with Crippen LogP contribution in [0.4, 0.5) is 0 Å². The monoisotopic (exact) mass is 324 g/mol. The van der Waals surface area contributed by atoms with Gasteiger partial charge < -0.3 is 19.3 Å². The van der Waals surface area contributed by atoms with Gasteiger partial charge in [-0.2, -0.15) is 0 Å². The molecule has 3 atom stereocenters. The van der Waals surface area contributed by atoms with E-state index >= 15 is 0 Å². The highest BCUT2D eigenvalue weighted by atomic mass is 16.5. The molecule has 0 saturated heterocycles. The minimum absolute atomic E-state index is 0.00559. The van der Waals surface area contributed by atoms with Gasteiger partial charge in [-0.05, 0) is 19.8 Å². The number of hydrogen-bond acceptors (Lipinski definition) is 4. The third kappa shape index (κ3) is 8.11. The number of ether oxygens (including phenoxy) is 3. The zero-order valence-electron chi connectivity index (χ0n) is 14.2. The van der Waals surface area contributed by atoms with Gasteiger partial charge in [0.15, 0.2) is 0 Å².